The Hall–Kier alpha value is -5.84. The Balaban J connectivity index is 0.988. The van der Waals surface area contributed by atoms with Crippen molar-refractivity contribution in [2.75, 3.05) is 69.6 Å². The van der Waals surface area contributed by atoms with Gasteiger partial charge >= 0.3 is 18.2 Å². The normalized spacial score (nSPS) is 17.2. The zero-order valence-corrected chi connectivity index (χ0v) is 33.5. The monoisotopic (exact) mass is 851 g/mol. The standard InChI is InChI=1S/C42H45ClF3N7O7/c43-32-22-26(21-31(37(32)47)42(44,45)46)23-34(60-41(58)53-13-10-27(11-14-53)30-24-28-5-1-2-6-33(28)49-38(30)55)39(56)52-17-15-50(16-18-52)35-9-8-29(25-48-35)40(57)59-20-19-51-12-4-3-7-36(51)54/h1-2,5-6,8-9,21-22,24-25,27,34H,3-4,7,10-20,23,47H2,(H,49,55)/t34-/m1/s1. The number of hydrogen-bond acceptors (Lipinski definition) is 10. The van der Waals surface area contributed by atoms with Crippen molar-refractivity contribution >= 4 is 57.9 Å². The summed E-state index contributed by atoms with van der Waals surface area (Å²) in [6, 6.07) is 14.6. The van der Waals surface area contributed by atoms with E-state index >= 15 is 0 Å². The molecule has 0 spiro atoms. The van der Waals surface area contributed by atoms with Crippen LogP contribution in [-0.2, 0) is 31.7 Å². The summed E-state index contributed by atoms with van der Waals surface area (Å²) in [7, 11) is 0. The first-order valence-corrected chi connectivity index (χ1v) is 20.3. The maximum atomic E-state index is 14.1. The van der Waals surface area contributed by atoms with E-state index in [0.29, 0.717) is 56.8 Å². The molecule has 3 N–H and O–H groups in total. The van der Waals surface area contributed by atoms with Gasteiger partial charge in [-0.15, -0.1) is 0 Å². The van der Waals surface area contributed by atoms with Gasteiger partial charge in [-0.25, -0.2) is 14.6 Å². The Morgan fingerprint density at radius 3 is 2.38 bits per heavy atom. The van der Waals surface area contributed by atoms with E-state index in [4.69, 9.17) is 26.8 Å². The molecule has 3 aliphatic rings. The second-order valence-electron chi connectivity index (χ2n) is 15.2. The lowest BCUT2D eigenvalue weighted by molar-refractivity contribution is -0.141. The molecule has 2 aromatic carbocycles. The molecular formula is C42H45ClF3N7O7. The molecule has 0 unspecified atom stereocenters. The van der Waals surface area contributed by atoms with Gasteiger partial charge in [-0.1, -0.05) is 29.8 Å². The molecule has 0 saturated carbocycles. The lowest BCUT2D eigenvalue weighted by atomic mass is 9.89. The molecule has 14 nitrogen and oxygen atoms in total. The SMILES string of the molecule is Nc1c(Cl)cc(C[C@@H](OC(=O)N2CCC(c3cc4ccccc4[nH]c3=O)CC2)C(=O)N2CCN(c3ccc(C(=O)OCCN4CCCCC4=O)cn3)CC2)cc1C(F)(F)F. The summed E-state index contributed by atoms with van der Waals surface area (Å²) in [6.07, 6.45) is -2.94. The Morgan fingerprint density at radius 2 is 1.68 bits per heavy atom. The van der Waals surface area contributed by atoms with E-state index in [1.165, 1.54) is 22.1 Å². The van der Waals surface area contributed by atoms with E-state index in [1.807, 2.05) is 35.2 Å². The number of nitrogens with two attached hydrogens (primary N) is 1. The van der Waals surface area contributed by atoms with Crippen LogP contribution in [0.1, 0.15) is 65.1 Å². The minimum atomic E-state index is -4.83. The van der Waals surface area contributed by atoms with Crippen LogP contribution < -0.4 is 16.2 Å². The van der Waals surface area contributed by atoms with Crippen LogP contribution in [0.4, 0.5) is 29.5 Å². The molecular weight excluding hydrogens is 807 g/mol. The number of nitrogens with one attached hydrogen (secondary N) is 1. The van der Waals surface area contributed by atoms with Gasteiger partial charge in [-0.05, 0) is 78.9 Å². The number of piperidine rings is 2. The van der Waals surface area contributed by atoms with Gasteiger partial charge in [0, 0.05) is 75.9 Å². The van der Waals surface area contributed by atoms with E-state index < -0.39 is 47.9 Å². The topological polar surface area (TPSA) is 171 Å². The zero-order valence-electron chi connectivity index (χ0n) is 32.7. The highest BCUT2D eigenvalue weighted by atomic mass is 35.5. The number of aromatic amines is 1. The van der Waals surface area contributed by atoms with Crippen molar-refractivity contribution in [3.63, 3.8) is 0 Å². The Labute approximate surface area is 348 Å². The number of alkyl halides is 3. The van der Waals surface area contributed by atoms with Crippen molar-refractivity contribution in [3.05, 3.63) is 98.4 Å². The van der Waals surface area contributed by atoms with Crippen LogP contribution in [0.5, 0.6) is 0 Å². The third-order valence-electron chi connectivity index (χ3n) is 11.3. The first-order chi connectivity index (χ1) is 28.7. The fourth-order valence-electron chi connectivity index (χ4n) is 7.94. The molecule has 3 fully saturated rings. The molecule has 2 aromatic heterocycles. The van der Waals surface area contributed by atoms with Gasteiger partial charge in [0.1, 0.15) is 12.4 Å². The van der Waals surface area contributed by atoms with Gasteiger partial charge in [-0.3, -0.25) is 14.4 Å². The van der Waals surface area contributed by atoms with Crippen LogP contribution in [0.25, 0.3) is 10.9 Å². The van der Waals surface area contributed by atoms with E-state index in [0.717, 1.165) is 29.8 Å². The predicted molar refractivity (Wildman–Crippen MR) is 217 cm³/mol. The number of hydrogen-bond donors (Lipinski definition) is 2. The van der Waals surface area contributed by atoms with Gasteiger partial charge < -0.3 is 39.8 Å². The molecule has 3 saturated heterocycles. The summed E-state index contributed by atoms with van der Waals surface area (Å²) in [6.45, 7) is 2.49. The third kappa shape index (κ3) is 9.78. The highest BCUT2D eigenvalue weighted by Gasteiger charge is 2.37. The number of nitrogen functional groups attached to an aromatic ring is 1. The number of likely N-dealkylation sites (tertiary alicyclic amines) is 2. The number of amides is 3. The van der Waals surface area contributed by atoms with E-state index in [1.54, 1.807) is 17.0 Å². The number of pyridine rings is 2. The van der Waals surface area contributed by atoms with Crippen molar-refractivity contribution in [2.45, 2.75) is 56.7 Å². The van der Waals surface area contributed by atoms with Crippen LogP contribution in [-0.4, -0.2) is 114 Å². The largest absolute Gasteiger partial charge is 0.460 e. The predicted octanol–water partition coefficient (Wildman–Crippen LogP) is 5.62. The summed E-state index contributed by atoms with van der Waals surface area (Å²) >= 11 is 6.12. The first-order valence-electron chi connectivity index (χ1n) is 19.9. The summed E-state index contributed by atoms with van der Waals surface area (Å²) in [5, 5.41) is 0.538. The number of piperazine rings is 1. The average Bonchev–Trinajstić information content (AvgIpc) is 3.24. The number of para-hydroxylation sites is 1. The molecule has 3 aliphatic heterocycles. The van der Waals surface area contributed by atoms with Crippen molar-refractivity contribution in [1.82, 2.24) is 24.7 Å². The van der Waals surface area contributed by atoms with E-state index in [2.05, 4.69) is 9.97 Å². The Bertz CT molecular complexity index is 2290. The molecule has 318 valence electrons. The summed E-state index contributed by atoms with van der Waals surface area (Å²) in [5.74, 6) is -0.692. The minimum absolute atomic E-state index is 0.00310. The maximum absolute atomic E-state index is 14.1. The first kappa shape index (κ1) is 42.3. The molecule has 0 radical (unpaired) electrons. The van der Waals surface area contributed by atoms with Crippen LogP contribution in [0.15, 0.2) is 65.6 Å². The van der Waals surface area contributed by atoms with Gasteiger partial charge in [0.15, 0.2) is 6.10 Å². The molecule has 0 bridgehead atoms. The van der Waals surface area contributed by atoms with E-state index in [-0.39, 0.29) is 66.3 Å². The second-order valence-corrected chi connectivity index (χ2v) is 15.6. The fraction of sp³-hybridized carbons (Fsp3) is 0.429. The number of carbonyl (C=O) groups is 4. The third-order valence-corrected chi connectivity index (χ3v) is 11.6. The highest BCUT2D eigenvalue weighted by molar-refractivity contribution is 6.33. The number of halogens is 4. The van der Waals surface area contributed by atoms with Crippen LogP contribution in [0.2, 0.25) is 5.02 Å². The van der Waals surface area contributed by atoms with Gasteiger partial charge in [-0.2, -0.15) is 13.2 Å². The van der Waals surface area contributed by atoms with Crippen molar-refractivity contribution in [2.24, 2.45) is 0 Å². The maximum Gasteiger partial charge on any atom is 0.418 e. The fourth-order valence-corrected chi connectivity index (χ4v) is 8.18. The number of rotatable bonds is 10. The van der Waals surface area contributed by atoms with Crippen molar-refractivity contribution < 1.29 is 41.8 Å². The Morgan fingerprint density at radius 1 is 0.933 bits per heavy atom. The zero-order chi connectivity index (χ0) is 42.6. The van der Waals surface area contributed by atoms with Gasteiger partial charge in [0.05, 0.1) is 28.4 Å². The number of ether oxygens (including phenoxy) is 2. The molecule has 7 rings (SSSR count). The molecule has 3 amide bonds. The number of H-pyrrole nitrogens is 1. The van der Waals surface area contributed by atoms with Crippen LogP contribution in [0.3, 0.4) is 0 Å². The minimum Gasteiger partial charge on any atom is -0.460 e. The number of esters is 1. The van der Waals surface area contributed by atoms with Gasteiger partial charge in [0.2, 0.25) is 5.91 Å². The molecule has 5 heterocycles. The quantitative estimate of drug-likeness (QED) is 0.151. The van der Waals surface area contributed by atoms with Crippen LogP contribution in [0, 0.1) is 0 Å². The van der Waals surface area contributed by atoms with Crippen molar-refractivity contribution in [1.29, 1.82) is 0 Å². The molecule has 0 aliphatic carbocycles. The average molecular weight is 852 g/mol. The highest BCUT2D eigenvalue weighted by Crippen LogP contribution is 2.38. The molecule has 4 aromatic rings. The lowest BCUT2D eigenvalue weighted by Gasteiger charge is -2.37. The number of fused-ring (bicyclic) bond motifs is 1. The molecule has 1 atom stereocenters. The second kappa shape index (κ2) is 18.2. The smallest absolute Gasteiger partial charge is 0.418 e. The number of aromatic nitrogens is 2. The van der Waals surface area contributed by atoms with E-state index in [9.17, 15) is 37.1 Å². The number of nitrogens with zero attached hydrogens (tertiary/aromatic N) is 5. The summed E-state index contributed by atoms with van der Waals surface area (Å²) in [5.41, 5.74) is 5.22. The lowest BCUT2D eigenvalue weighted by Crippen LogP contribution is -2.53. The van der Waals surface area contributed by atoms with Crippen LogP contribution >= 0.6 is 11.6 Å². The molecule has 60 heavy (non-hydrogen) atoms. The van der Waals surface area contributed by atoms with Gasteiger partial charge in [0.25, 0.3) is 11.5 Å². The number of benzene rings is 2. The summed E-state index contributed by atoms with van der Waals surface area (Å²) in [4.78, 5) is 79.2. The summed E-state index contributed by atoms with van der Waals surface area (Å²) < 4.78 is 52.9. The molecule has 18 heteroatoms. The van der Waals surface area contributed by atoms with Crippen molar-refractivity contribution in [3.8, 4) is 0 Å². The Kier molecular flexibility index (Phi) is 12.8. The number of anilines is 2. The number of carbonyl (C=O) groups excluding carboxylic acids is 4.